The normalized spacial score (nSPS) is 22.1. The molecule has 94 valence electrons. The van der Waals surface area contributed by atoms with Crippen molar-refractivity contribution in [2.24, 2.45) is 0 Å². The molecule has 0 aliphatic carbocycles. The van der Waals surface area contributed by atoms with Gasteiger partial charge < -0.3 is 19.9 Å². The molecule has 0 spiro atoms. The van der Waals surface area contributed by atoms with Crippen molar-refractivity contribution in [3.8, 4) is 0 Å². The SMILES string of the molecule is CCN(C)C(=O)CNCC1CN(C)CCO1. The lowest BCUT2D eigenvalue weighted by molar-refractivity contribution is -0.128. The highest BCUT2D eigenvalue weighted by Crippen LogP contribution is 2.01. The lowest BCUT2D eigenvalue weighted by Gasteiger charge is -2.30. The van der Waals surface area contributed by atoms with Crippen molar-refractivity contribution in [2.75, 3.05) is 53.4 Å². The van der Waals surface area contributed by atoms with Gasteiger partial charge in [-0.2, -0.15) is 0 Å². The van der Waals surface area contributed by atoms with E-state index in [-0.39, 0.29) is 12.0 Å². The number of nitrogens with one attached hydrogen (secondary N) is 1. The molecule has 0 saturated carbocycles. The summed E-state index contributed by atoms with van der Waals surface area (Å²) in [6.45, 7) is 6.58. The van der Waals surface area contributed by atoms with Crippen LogP contribution in [0.1, 0.15) is 6.92 Å². The van der Waals surface area contributed by atoms with Crippen LogP contribution in [-0.4, -0.2) is 75.2 Å². The van der Waals surface area contributed by atoms with Gasteiger partial charge in [-0.25, -0.2) is 0 Å². The maximum atomic E-state index is 11.5. The summed E-state index contributed by atoms with van der Waals surface area (Å²) in [6, 6.07) is 0. The Morgan fingerprint density at radius 2 is 2.38 bits per heavy atom. The summed E-state index contributed by atoms with van der Waals surface area (Å²) in [6.07, 6.45) is 0.207. The second kappa shape index (κ2) is 6.83. The number of carbonyl (C=O) groups is 1. The molecule has 1 atom stereocenters. The van der Waals surface area contributed by atoms with Crippen LogP contribution in [0, 0.1) is 0 Å². The largest absolute Gasteiger partial charge is 0.374 e. The van der Waals surface area contributed by atoms with Crippen molar-refractivity contribution in [2.45, 2.75) is 13.0 Å². The third kappa shape index (κ3) is 4.47. The van der Waals surface area contributed by atoms with Crippen LogP contribution < -0.4 is 5.32 Å². The summed E-state index contributed by atoms with van der Waals surface area (Å²) >= 11 is 0. The number of hydrogen-bond acceptors (Lipinski definition) is 4. The maximum absolute atomic E-state index is 11.5. The molecule has 0 aromatic heterocycles. The van der Waals surface area contributed by atoms with Gasteiger partial charge in [-0.05, 0) is 14.0 Å². The standard InChI is InChI=1S/C11H23N3O2/c1-4-14(3)11(15)8-12-7-10-9-13(2)5-6-16-10/h10,12H,4-9H2,1-3H3. The molecule has 0 radical (unpaired) electrons. The molecule has 1 aliphatic heterocycles. The summed E-state index contributed by atoms with van der Waals surface area (Å²) in [4.78, 5) is 15.4. The maximum Gasteiger partial charge on any atom is 0.236 e. The average molecular weight is 229 g/mol. The predicted octanol–water partition coefficient (Wildman–Crippen LogP) is -0.615. The molecule has 0 aromatic rings. The van der Waals surface area contributed by atoms with E-state index in [1.165, 1.54) is 0 Å². The number of rotatable bonds is 5. The molecule has 1 amide bonds. The summed E-state index contributed by atoms with van der Waals surface area (Å²) in [7, 11) is 3.90. The Labute approximate surface area is 97.7 Å². The number of ether oxygens (including phenoxy) is 1. The van der Waals surface area contributed by atoms with E-state index in [2.05, 4.69) is 17.3 Å². The van der Waals surface area contributed by atoms with Crippen molar-refractivity contribution >= 4 is 5.91 Å². The van der Waals surface area contributed by atoms with E-state index < -0.39 is 0 Å². The lowest BCUT2D eigenvalue weighted by atomic mass is 10.3. The molecule has 1 unspecified atom stereocenters. The summed E-state index contributed by atoms with van der Waals surface area (Å²) in [5.41, 5.74) is 0. The minimum absolute atomic E-state index is 0.131. The summed E-state index contributed by atoms with van der Waals surface area (Å²) < 4.78 is 5.59. The van der Waals surface area contributed by atoms with Gasteiger partial charge >= 0.3 is 0 Å². The molecule has 1 aliphatic rings. The van der Waals surface area contributed by atoms with E-state index in [1.54, 1.807) is 4.90 Å². The number of hydrogen-bond donors (Lipinski definition) is 1. The van der Waals surface area contributed by atoms with Crippen LogP contribution in [-0.2, 0) is 9.53 Å². The monoisotopic (exact) mass is 229 g/mol. The van der Waals surface area contributed by atoms with Crippen LogP contribution >= 0.6 is 0 Å². The first kappa shape index (κ1) is 13.4. The van der Waals surface area contributed by atoms with Crippen molar-refractivity contribution in [3.05, 3.63) is 0 Å². The highest BCUT2D eigenvalue weighted by Gasteiger charge is 2.17. The van der Waals surface area contributed by atoms with E-state index in [0.29, 0.717) is 6.54 Å². The molecular formula is C11H23N3O2. The van der Waals surface area contributed by atoms with Crippen molar-refractivity contribution in [1.29, 1.82) is 0 Å². The molecule has 5 nitrogen and oxygen atoms in total. The molecule has 1 heterocycles. The summed E-state index contributed by atoms with van der Waals surface area (Å²) in [5.74, 6) is 0.131. The molecule has 1 rings (SSSR count). The van der Waals surface area contributed by atoms with Crippen LogP contribution in [0.3, 0.4) is 0 Å². The van der Waals surface area contributed by atoms with Gasteiger partial charge in [0.25, 0.3) is 0 Å². The molecule has 0 aromatic carbocycles. The second-order valence-corrected chi connectivity index (χ2v) is 4.29. The first-order valence-corrected chi connectivity index (χ1v) is 5.88. The number of amides is 1. The number of carbonyl (C=O) groups excluding carboxylic acids is 1. The molecule has 1 saturated heterocycles. The van der Waals surface area contributed by atoms with E-state index in [0.717, 1.165) is 32.8 Å². The minimum Gasteiger partial charge on any atom is -0.374 e. The number of nitrogens with zero attached hydrogens (tertiary/aromatic N) is 2. The quantitative estimate of drug-likeness (QED) is 0.683. The number of likely N-dealkylation sites (N-methyl/N-ethyl adjacent to an activating group) is 2. The zero-order chi connectivity index (χ0) is 12.0. The van der Waals surface area contributed by atoms with Crippen molar-refractivity contribution in [3.63, 3.8) is 0 Å². The predicted molar refractivity (Wildman–Crippen MR) is 63.4 cm³/mol. The Morgan fingerprint density at radius 3 is 3.00 bits per heavy atom. The van der Waals surface area contributed by atoms with Gasteiger partial charge in [-0.1, -0.05) is 0 Å². The first-order valence-electron chi connectivity index (χ1n) is 5.88. The van der Waals surface area contributed by atoms with Crippen molar-refractivity contribution in [1.82, 2.24) is 15.1 Å². The first-order chi connectivity index (χ1) is 7.63. The summed E-state index contributed by atoms with van der Waals surface area (Å²) in [5, 5.41) is 3.15. The second-order valence-electron chi connectivity index (χ2n) is 4.29. The van der Waals surface area contributed by atoms with Crippen LogP contribution in [0.25, 0.3) is 0 Å². The van der Waals surface area contributed by atoms with Gasteiger partial charge in [0.05, 0.1) is 19.3 Å². The molecule has 1 N–H and O–H groups in total. The molecule has 5 heteroatoms. The van der Waals surface area contributed by atoms with Crippen LogP contribution in [0.4, 0.5) is 0 Å². The Kier molecular flexibility index (Phi) is 5.73. The van der Waals surface area contributed by atoms with Gasteiger partial charge in [0.1, 0.15) is 0 Å². The number of morpholine rings is 1. The minimum atomic E-state index is 0.131. The van der Waals surface area contributed by atoms with Gasteiger partial charge in [-0.3, -0.25) is 4.79 Å². The van der Waals surface area contributed by atoms with E-state index in [1.807, 2.05) is 14.0 Å². The Bertz CT molecular complexity index is 223. The van der Waals surface area contributed by atoms with Crippen LogP contribution in [0.5, 0.6) is 0 Å². The average Bonchev–Trinajstić information content (AvgIpc) is 2.28. The molecule has 16 heavy (non-hydrogen) atoms. The van der Waals surface area contributed by atoms with Crippen LogP contribution in [0.15, 0.2) is 0 Å². The topological polar surface area (TPSA) is 44.8 Å². The highest BCUT2D eigenvalue weighted by atomic mass is 16.5. The van der Waals surface area contributed by atoms with Gasteiger partial charge in [-0.15, -0.1) is 0 Å². The fourth-order valence-electron chi connectivity index (χ4n) is 1.64. The fraction of sp³-hybridized carbons (Fsp3) is 0.909. The van der Waals surface area contributed by atoms with Gasteiger partial charge in [0.2, 0.25) is 5.91 Å². The smallest absolute Gasteiger partial charge is 0.236 e. The lowest BCUT2D eigenvalue weighted by Crippen LogP contribution is -2.46. The third-order valence-electron chi connectivity index (χ3n) is 2.89. The van der Waals surface area contributed by atoms with Crippen LogP contribution in [0.2, 0.25) is 0 Å². The molecule has 1 fully saturated rings. The zero-order valence-electron chi connectivity index (χ0n) is 10.5. The Balaban J connectivity index is 2.12. The van der Waals surface area contributed by atoms with Gasteiger partial charge in [0, 0.05) is 33.2 Å². The fourth-order valence-corrected chi connectivity index (χ4v) is 1.64. The van der Waals surface area contributed by atoms with Crippen molar-refractivity contribution < 1.29 is 9.53 Å². The Morgan fingerprint density at radius 1 is 1.62 bits per heavy atom. The third-order valence-corrected chi connectivity index (χ3v) is 2.89. The van der Waals surface area contributed by atoms with E-state index >= 15 is 0 Å². The molecular weight excluding hydrogens is 206 g/mol. The van der Waals surface area contributed by atoms with E-state index in [9.17, 15) is 4.79 Å². The molecule has 0 bridgehead atoms. The Hall–Kier alpha value is -0.650. The highest BCUT2D eigenvalue weighted by molar-refractivity contribution is 5.77. The zero-order valence-corrected chi connectivity index (χ0v) is 10.5. The van der Waals surface area contributed by atoms with E-state index in [4.69, 9.17) is 4.74 Å². The van der Waals surface area contributed by atoms with Gasteiger partial charge in [0.15, 0.2) is 0 Å².